The SMILES string of the molecule is C1=C[C@H]2O[C@H]2[C@@H](COC(c2ccccc2)(c2ccccc2)c2ccccc2)O1. The van der Waals surface area contributed by atoms with Gasteiger partial charge in [-0.25, -0.2) is 0 Å². The van der Waals surface area contributed by atoms with Gasteiger partial charge in [0, 0.05) is 0 Å². The number of benzene rings is 3. The van der Waals surface area contributed by atoms with Crippen molar-refractivity contribution in [1.82, 2.24) is 0 Å². The molecule has 5 rings (SSSR count). The molecule has 0 amide bonds. The quantitative estimate of drug-likeness (QED) is 0.466. The van der Waals surface area contributed by atoms with E-state index in [2.05, 4.69) is 72.8 Å². The number of rotatable bonds is 6. The zero-order valence-electron chi connectivity index (χ0n) is 15.5. The number of epoxide rings is 1. The van der Waals surface area contributed by atoms with Crippen LogP contribution in [-0.2, 0) is 19.8 Å². The smallest absolute Gasteiger partial charge is 0.150 e. The third kappa shape index (κ3) is 3.03. The van der Waals surface area contributed by atoms with Gasteiger partial charge >= 0.3 is 0 Å². The molecular weight excluding hydrogens is 348 g/mol. The van der Waals surface area contributed by atoms with Crippen molar-refractivity contribution in [3.8, 4) is 0 Å². The molecule has 2 aliphatic rings. The number of hydrogen-bond acceptors (Lipinski definition) is 3. The van der Waals surface area contributed by atoms with Crippen molar-refractivity contribution in [2.45, 2.75) is 23.9 Å². The Morgan fingerprint density at radius 3 is 1.71 bits per heavy atom. The lowest BCUT2D eigenvalue weighted by Crippen LogP contribution is -2.38. The summed E-state index contributed by atoms with van der Waals surface area (Å²) in [7, 11) is 0. The van der Waals surface area contributed by atoms with Crippen LogP contribution in [0.1, 0.15) is 16.7 Å². The summed E-state index contributed by atoms with van der Waals surface area (Å²) in [5, 5.41) is 0. The van der Waals surface area contributed by atoms with Crippen molar-refractivity contribution in [3.63, 3.8) is 0 Å². The summed E-state index contributed by atoms with van der Waals surface area (Å²) in [6.07, 6.45) is 3.84. The minimum Gasteiger partial charge on any atom is -0.493 e. The second-order valence-electron chi connectivity index (χ2n) is 7.16. The Morgan fingerprint density at radius 2 is 1.21 bits per heavy atom. The van der Waals surface area contributed by atoms with Crippen molar-refractivity contribution < 1.29 is 14.2 Å². The van der Waals surface area contributed by atoms with Gasteiger partial charge in [0.25, 0.3) is 0 Å². The lowest BCUT2D eigenvalue weighted by atomic mass is 9.80. The summed E-state index contributed by atoms with van der Waals surface area (Å²) < 4.78 is 18.3. The van der Waals surface area contributed by atoms with E-state index in [1.807, 2.05) is 24.3 Å². The van der Waals surface area contributed by atoms with Crippen LogP contribution in [0.5, 0.6) is 0 Å². The predicted molar refractivity (Wildman–Crippen MR) is 108 cm³/mol. The van der Waals surface area contributed by atoms with Crippen molar-refractivity contribution in [2.24, 2.45) is 0 Å². The lowest BCUT2D eigenvalue weighted by Gasteiger charge is -2.37. The highest BCUT2D eigenvalue weighted by molar-refractivity contribution is 5.47. The maximum absolute atomic E-state index is 6.79. The summed E-state index contributed by atoms with van der Waals surface area (Å²) in [5.41, 5.74) is 2.55. The Labute approximate surface area is 165 Å². The highest BCUT2D eigenvalue weighted by Gasteiger charge is 2.48. The fourth-order valence-electron chi connectivity index (χ4n) is 4.00. The average Bonchev–Trinajstić information content (AvgIpc) is 3.57. The number of hydrogen-bond donors (Lipinski definition) is 0. The molecule has 1 fully saturated rings. The fraction of sp³-hybridized carbons (Fsp3) is 0.200. The van der Waals surface area contributed by atoms with E-state index in [0.29, 0.717) is 6.61 Å². The van der Waals surface area contributed by atoms with Crippen molar-refractivity contribution in [2.75, 3.05) is 6.61 Å². The molecule has 0 bridgehead atoms. The zero-order chi connectivity index (χ0) is 18.8. The number of fused-ring (bicyclic) bond motifs is 1. The van der Waals surface area contributed by atoms with Gasteiger partial charge < -0.3 is 14.2 Å². The molecule has 3 nitrogen and oxygen atoms in total. The molecule has 2 aliphatic heterocycles. The molecule has 1 saturated heterocycles. The van der Waals surface area contributed by atoms with Gasteiger partial charge in [0.2, 0.25) is 0 Å². The van der Waals surface area contributed by atoms with E-state index in [0.717, 1.165) is 16.7 Å². The summed E-state index contributed by atoms with van der Waals surface area (Å²) in [6, 6.07) is 31.2. The van der Waals surface area contributed by atoms with E-state index in [1.165, 1.54) is 0 Å². The van der Waals surface area contributed by atoms with E-state index in [-0.39, 0.29) is 18.3 Å². The molecule has 2 heterocycles. The highest BCUT2D eigenvalue weighted by Crippen LogP contribution is 2.41. The normalized spacial score (nSPS) is 22.9. The highest BCUT2D eigenvalue weighted by atomic mass is 16.6. The molecule has 0 N–H and O–H groups in total. The van der Waals surface area contributed by atoms with E-state index in [4.69, 9.17) is 14.2 Å². The van der Waals surface area contributed by atoms with Gasteiger partial charge in [-0.05, 0) is 22.8 Å². The minimum absolute atomic E-state index is 0.0880. The van der Waals surface area contributed by atoms with Gasteiger partial charge in [0.1, 0.15) is 23.9 Å². The van der Waals surface area contributed by atoms with Crippen molar-refractivity contribution >= 4 is 0 Å². The minimum atomic E-state index is -0.724. The second-order valence-corrected chi connectivity index (χ2v) is 7.16. The molecule has 140 valence electrons. The van der Waals surface area contributed by atoms with Gasteiger partial charge in [0.05, 0.1) is 12.9 Å². The van der Waals surface area contributed by atoms with Gasteiger partial charge in [-0.2, -0.15) is 0 Å². The molecule has 3 heteroatoms. The predicted octanol–water partition coefficient (Wildman–Crippen LogP) is 4.68. The first-order chi connectivity index (χ1) is 13.9. The van der Waals surface area contributed by atoms with Gasteiger partial charge in [0.15, 0.2) is 0 Å². The molecule has 0 aromatic heterocycles. The van der Waals surface area contributed by atoms with Crippen molar-refractivity contribution in [3.05, 3.63) is 120 Å². The molecule has 0 unspecified atom stereocenters. The maximum atomic E-state index is 6.79. The number of ether oxygens (including phenoxy) is 3. The molecule has 3 aromatic carbocycles. The Balaban J connectivity index is 1.60. The summed E-state index contributed by atoms with van der Waals surface area (Å²) in [5.74, 6) is 0. The first-order valence-electron chi connectivity index (χ1n) is 9.66. The molecule has 0 aliphatic carbocycles. The molecule has 28 heavy (non-hydrogen) atoms. The molecule has 3 atom stereocenters. The molecular formula is C25H22O3. The van der Waals surface area contributed by atoms with Crippen LogP contribution in [-0.4, -0.2) is 24.9 Å². The first kappa shape index (κ1) is 17.2. The fourth-order valence-corrected chi connectivity index (χ4v) is 4.00. The van der Waals surface area contributed by atoms with Gasteiger partial charge in [-0.1, -0.05) is 91.0 Å². The second kappa shape index (κ2) is 7.27. The van der Waals surface area contributed by atoms with Crippen LogP contribution in [0.25, 0.3) is 0 Å². The van der Waals surface area contributed by atoms with Crippen molar-refractivity contribution in [1.29, 1.82) is 0 Å². The van der Waals surface area contributed by atoms with E-state index >= 15 is 0 Å². The standard InChI is InChI=1S/C25H22O3/c1-4-10-19(11-5-1)25(20-12-6-2-7-13-20,21-14-8-3-9-15-21)27-18-23-24-22(28-24)16-17-26-23/h1-17,22-24H,18H2/t22-,23-,24-/m1/s1. The third-order valence-corrected chi connectivity index (χ3v) is 5.45. The van der Waals surface area contributed by atoms with Crippen LogP contribution in [0, 0.1) is 0 Å². The van der Waals surface area contributed by atoms with Gasteiger partial charge in [-0.15, -0.1) is 0 Å². The monoisotopic (exact) mass is 370 g/mol. The van der Waals surface area contributed by atoms with Crippen LogP contribution in [0.3, 0.4) is 0 Å². The Bertz CT molecular complexity index is 841. The topological polar surface area (TPSA) is 31.0 Å². The van der Waals surface area contributed by atoms with E-state index in [1.54, 1.807) is 6.26 Å². The molecule has 0 radical (unpaired) electrons. The zero-order valence-corrected chi connectivity index (χ0v) is 15.5. The molecule has 3 aromatic rings. The summed E-state index contributed by atoms with van der Waals surface area (Å²) in [4.78, 5) is 0. The lowest BCUT2D eigenvalue weighted by molar-refractivity contribution is -0.0499. The van der Waals surface area contributed by atoms with Crippen LogP contribution in [0.2, 0.25) is 0 Å². The largest absolute Gasteiger partial charge is 0.493 e. The Morgan fingerprint density at radius 1 is 0.714 bits per heavy atom. The molecule has 0 saturated carbocycles. The van der Waals surface area contributed by atoms with Crippen LogP contribution < -0.4 is 0 Å². The van der Waals surface area contributed by atoms with Crippen LogP contribution in [0.4, 0.5) is 0 Å². The first-order valence-corrected chi connectivity index (χ1v) is 9.66. The van der Waals surface area contributed by atoms with E-state index in [9.17, 15) is 0 Å². The van der Waals surface area contributed by atoms with Crippen LogP contribution in [0.15, 0.2) is 103 Å². The summed E-state index contributed by atoms with van der Waals surface area (Å²) in [6.45, 7) is 0.435. The Hall–Kier alpha value is -2.88. The molecule has 0 spiro atoms. The average molecular weight is 370 g/mol. The van der Waals surface area contributed by atoms with Crippen LogP contribution >= 0.6 is 0 Å². The third-order valence-electron chi connectivity index (χ3n) is 5.45. The van der Waals surface area contributed by atoms with Gasteiger partial charge in [-0.3, -0.25) is 0 Å². The maximum Gasteiger partial charge on any atom is 0.150 e. The van der Waals surface area contributed by atoms with E-state index < -0.39 is 5.60 Å². The Kier molecular flexibility index (Phi) is 4.47. The summed E-state index contributed by atoms with van der Waals surface area (Å²) >= 11 is 0.